The molecule has 0 saturated carbocycles. The molecule has 1 aromatic rings. The van der Waals surface area contributed by atoms with E-state index < -0.39 is 48.5 Å². The molecule has 0 radical (unpaired) electrons. The van der Waals surface area contributed by atoms with Crippen LogP contribution in [0.25, 0.3) is 0 Å². The van der Waals surface area contributed by atoms with Crippen LogP contribution in [0.1, 0.15) is 76.1 Å². The molecule has 3 aliphatic heterocycles. The minimum absolute atomic E-state index is 0.367. The van der Waals surface area contributed by atoms with Gasteiger partial charge in [-0.3, -0.25) is 14.5 Å². The molecule has 7 nitrogen and oxygen atoms in total. The quantitative estimate of drug-likeness (QED) is 0.546. The number of imide groups is 1. The van der Waals surface area contributed by atoms with Crippen LogP contribution in [0.2, 0.25) is 0 Å². The molecule has 0 aliphatic carbocycles. The summed E-state index contributed by atoms with van der Waals surface area (Å²) in [5.41, 5.74) is -1.70. The van der Waals surface area contributed by atoms with Crippen molar-refractivity contribution in [2.24, 2.45) is 0 Å². The van der Waals surface area contributed by atoms with Gasteiger partial charge in [0.1, 0.15) is 0 Å². The van der Waals surface area contributed by atoms with Gasteiger partial charge in [-0.25, -0.2) is 0 Å². The summed E-state index contributed by atoms with van der Waals surface area (Å²) in [5, 5.41) is 0.437. The normalized spacial score (nSPS) is 25.2. The molecule has 0 spiro atoms. The fraction of sp³-hybridized carbons (Fsp3) is 0.545. The number of fused-ring (bicyclic) bond motifs is 1. The molecule has 0 unspecified atom stereocenters. The van der Waals surface area contributed by atoms with Gasteiger partial charge in [-0.15, -0.1) is 0 Å². The van der Waals surface area contributed by atoms with Crippen LogP contribution < -0.4 is 0 Å². The molecule has 4 rings (SSSR count). The monoisotopic (exact) mass is 425 g/mol. The number of benzene rings is 1. The Hall–Kier alpha value is -1.93. The van der Waals surface area contributed by atoms with Gasteiger partial charge in [-0.1, -0.05) is 12.1 Å². The molecule has 0 aromatic heterocycles. The van der Waals surface area contributed by atoms with Gasteiger partial charge >= 0.3 is 14.2 Å². The maximum Gasteiger partial charge on any atom is 0.488 e. The molecule has 2 fully saturated rings. The van der Waals surface area contributed by atoms with Gasteiger partial charge < -0.3 is 18.6 Å². The Labute approximate surface area is 184 Å². The molecule has 0 atom stereocenters. The lowest BCUT2D eigenvalue weighted by atomic mass is 9.57. The highest BCUT2D eigenvalue weighted by Gasteiger charge is 2.60. The number of hydrogen-bond acceptors (Lipinski definition) is 6. The van der Waals surface area contributed by atoms with Crippen molar-refractivity contribution in [3.8, 4) is 0 Å². The van der Waals surface area contributed by atoms with Crippen LogP contribution >= 0.6 is 0 Å². The molecule has 2 amide bonds. The average molecular weight is 425 g/mol. The van der Waals surface area contributed by atoms with E-state index in [9.17, 15) is 9.59 Å². The highest BCUT2D eigenvalue weighted by atomic mass is 16.7. The van der Waals surface area contributed by atoms with Crippen molar-refractivity contribution in [3.63, 3.8) is 0 Å². The first-order valence-electron chi connectivity index (χ1n) is 10.6. The SMILES string of the molecule is CC1(C)OB(C(=CN2C(=O)c3ccccc3C2=O)B2OC(C)(C)C(C)(C)O2)OC1(C)C. The predicted octanol–water partition coefficient (Wildman–Crippen LogP) is 3.43. The van der Waals surface area contributed by atoms with E-state index in [0.717, 1.165) is 4.90 Å². The number of amides is 2. The van der Waals surface area contributed by atoms with Crippen LogP contribution in [-0.2, 0) is 18.6 Å². The first kappa shape index (κ1) is 22.3. The van der Waals surface area contributed by atoms with Crippen LogP contribution in [0.5, 0.6) is 0 Å². The second-order valence-electron chi connectivity index (χ2n) is 10.3. The van der Waals surface area contributed by atoms with E-state index in [1.165, 1.54) is 6.20 Å². The molecule has 164 valence electrons. The van der Waals surface area contributed by atoms with Crippen molar-refractivity contribution in [1.82, 2.24) is 4.90 Å². The van der Waals surface area contributed by atoms with Crippen LogP contribution in [0.15, 0.2) is 35.8 Å². The zero-order chi connectivity index (χ0) is 23.0. The second kappa shape index (κ2) is 6.78. The third kappa shape index (κ3) is 3.39. The Balaban J connectivity index is 1.76. The van der Waals surface area contributed by atoms with Crippen molar-refractivity contribution in [3.05, 3.63) is 47.0 Å². The lowest BCUT2D eigenvalue weighted by Crippen LogP contribution is -2.41. The van der Waals surface area contributed by atoms with E-state index in [4.69, 9.17) is 18.6 Å². The summed E-state index contributed by atoms with van der Waals surface area (Å²) < 4.78 is 24.9. The first-order chi connectivity index (χ1) is 14.2. The number of rotatable bonds is 3. The summed E-state index contributed by atoms with van der Waals surface area (Å²) in [6.45, 7) is 15.5. The summed E-state index contributed by atoms with van der Waals surface area (Å²) in [6, 6.07) is 6.76. The molecule has 31 heavy (non-hydrogen) atoms. The maximum atomic E-state index is 13.0. The molecular weight excluding hydrogens is 396 g/mol. The van der Waals surface area contributed by atoms with E-state index in [2.05, 4.69) is 0 Å². The lowest BCUT2D eigenvalue weighted by Gasteiger charge is -2.32. The highest BCUT2D eigenvalue weighted by molar-refractivity contribution is 6.78. The zero-order valence-corrected chi connectivity index (χ0v) is 19.4. The Kier molecular flexibility index (Phi) is 4.87. The van der Waals surface area contributed by atoms with Crippen LogP contribution in [-0.4, -0.2) is 53.4 Å². The minimum atomic E-state index is -0.844. The van der Waals surface area contributed by atoms with Gasteiger partial charge in [0, 0.05) is 11.6 Å². The van der Waals surface area contributed by atoms with Gasteiger partial charge in [0.25, 0.3) is 11.8 Å². The molecule has 3 aliphatic rings. The van der Waals surface area contributed by atoms with Crippen LogP contribution in [0.3, 0.4) is 0 Å². The van der Waals surface area contributed by atoms with Crippen LogP contribution in [0.4, 0.5) is 0 Å². The lowest BCUT2D eigenvalue weighted by molar-refractivity contribution is 0.00578. The van der Waals surface area contributed by atoms with E-state index in [-0.39, 0.29) is 0 Å². The fourth-order valence-electron chi connectivity index (χ4n) is 3.67. The molecule has 9 heteroatoms. The number of carbonyl (C=O) groups excluding carboxylic acids is 2. The van der Waals surface area contributed by atoms with Crippen molar-refractivity contribution in [2.45, 2.75) is 77.8 Å². The molecular formula is C22H29B2NO6. The van der Waals surface area contributed by atoms with E-state index in [1.54, 1.807) is 24.3 Å². The van der Waals surface area contributed by atoms with Gasteiger partial charge in [0.15, 0.2) is 0 Å². The first-order valence-corrected chi connectivity index (χ1v) is 10.6. The summed E-state index contributed by atoms with van der Waals surface area (Å²) in [4.78, 5) is 27.1. The Bertz CT molecular complexity index is 879. The van der Waals surface area contributed by atoms with Crippen LogP contribution in [0, 0.1) is 0 Å². The Morgan fingerprint density at radius 3 is 1.35 bits per heavy atom. The summed E-state index contributed by atoms with van der Waals surface area (Å²) in [6.07, 6.45) is 1.47. The van der Waals surface area contributed by atoms with Crippen molar-refractivity contribution >= 4 is 26.1 Å². The summed E-state index contributed by atoms with van der Waals surface area (Å²) in [5.74, 6) is -0.794. The minimum Gasteiger partial charge on any atom is -0.400 e. The smallest absolute Gasteiger partial charge is 0.400 e. The number of nitrogens with zero attached hydrogens (tertiary/aromatic N) is 1. The largest absolute Gasteiger partial charge is 0.488 e. The number of hydrogen-bond donors (Lipinski definition) is 0. The van der Waals surface area contributed by atoms with Gasteiger partial charge in [-0.05, 0) is 67.5 Å². The third-order valence-electron chi connectivity index (χ3n) is 7.15. The summed E-state index contributed by atoms with van der Waals surface area (Å²) >= 11 is 0. The van der Waals surface area contributed by atoms with E-state index >= 15 is 0 Å². The fourth-order valence-corrected chi connectivity index (χ4v) is 3.67. The molecule has 3 heterocycles. The van der Waals surface area contributed by atoms with Gasteiger partial charge in [-0.2, -0.15) is 0 Å². The highest BCUT2D eigenvalue weighted by Crippen LogP contribution is 2.43. The second-order valence-corrected chi connectivity index (χ2v) is 10.3. The predicted molar refractivity (Wildman–Crippen MR) is 117 cm³/mol. The van der Waals surface area contributed by atoms with Crippen molar-refractivity contribution in [2.75, 3.05) is 0 Å². The number of carbonyl (C=O) groups is 2. The Morgan fingerprint density at radius 1 is 0.710 bits per heavy atom. The third-order valence-corrected chi connectivity index (χ3v) is 7.15. The summed E-state index contributed by atoms with van der Waals surface area (Å²) in [7, 11) is -1.69. The topological polar surface area (TPSA) is 74.3 Å². The molecule has 2 saturated heterocycles. The van der Waals surface area contributed by atoms with Gasteiger partial charge in [0.2, 0.25) is 0 Å². The molecule has 0 N–H and O–H groups in total. The molecule has 0 bridgehead atoms. The van der Waals surface area contributed by atoms with Gasteiger partial charge in [0.05, 0.1) is 33.5 Å². The molecule has 1 aromatic carbocycles. The van der Waals surface area contributed by atoms with E-state index in [0.29, 0.717) is 16.5 Å². The zero-order valence-electron chi connectivity index (χ0n) is 19.4. The standard InChI is InChI=1S/C22H29B2NO6/c1-19(2)20(3,4)29-23(28-19)16(24-30-21(5,6)22(7,8)31-24)13-25-17(26)14-11-9-10-12-15(14)18(25)27/h9-13H,1-8H3. The van der Waals surface area contributed by atoms with E-state index in [1.807, 2.05) is 55.4 Å². The van der Waals surface area contributed by atoms with Crippen molar-refractivity contribution in [1.29, 1.82) is 0 Å². The van der Waals surface area contributed by atoms with Crippen molar-refractivity contribution < 1.29 is 28.2 Å². The maximum absolute atomic E-state index is 13.0. The Morgan fingerprint density at radius 2 is 1.03 bits per heavy atom. The average Bonchev–Trinajstić information content (AvgIpc) is 3.11.